The van der Waals surface area contributed by atoms with E-state index >= 15 is 0 Å². The van der Waals surface area contributed by atoms with Crippen molar-refractivity contribution in [3.05, 3.63) is 36.2 Å². The van der Waals surface area contributed by atoms with Crippen molar-refractivity contribution in [1.29, 1.82) is 0 Å². The van der Waals surface area contributed by atoms with Crippen LogP contribution in [0.2, 0.25) is 0 Å². The molecule has 0 radical (unpaired) electrons. The molecule has 3 saturated heterocycles. The van der Waals surface area contributed by atoms with Crippen molar-refractivity contribution >= 4 is 11.8 Å². The van der Waals surface area contributed by atoms with Gasteiger partial charge in [-0.1, -0.05) is 35.5 Å². The summed E-state index contributed by atoms with van der Waals surface area (Å²) in [6, 6.07) is 9.65. The molecule has 0 spiro atoms. The lowest BCUT2D eigenvalue weighted by molar-refractivity contribution is -0.141. The van der Waals surface area contributed by atoms with E-state index in [0.29, 0.717) is 37.6 Å². The number of benzene rings is 1. The molecule has 5 rings (SSSR count). The van der Waals surface area contributed by atoms with Gasteiger partial charge in [-0.05, 0) is 19.9 Å². The lowest BCUT2D eigenvalue weighted by Gasteiger charge is -2.32. The predicted molar refractivity (Wildman–Crippen MR) is 114 cm³/mol. The Morgan fingerprint density at radius 1 is 1.10 bits per heavy atom. The first-order valence-corrected chi connectivity index (χ1v) is 11.2. The summed E-state index contributed by atoms with van der Waals surface area (Å²) in [4.78, 5) is 37.0. The molecule has 4 heterocycles. The quantitative estimate of drug-likeness (QED) is 0.728. The topological polar surface area (TPSA) is 82.8 Å². The third kappa shape index (κ3) is 3.73. The molecule has 2 aromatic rings. The van der Waals surface area contributed by atoms with E-state index in [0.717, 1.165) is 44.6 Å². The highest BCUT2D eigenvalue weighted by atomic mass is 16.5. The molecule has 2 atom stereocenters. The van der Waals surface area contributed by atoms with E-state index in [1.54, 1.807) is 0 Å². The molecule has 164 valence electrons. The zero-order valence-electron chi connectivity index (χ0n) is 18.0. The first kappa shape index (κ1) is 20.2. The van der Waals surface area contributed by atoms with Gasteiger partial charge in [0.15, 0.2) is 0 Å². The van der Waals surface area contributed by atoms with E-state index in [1.165, 1.54) is 0 Å². The van der Waals surface area contributed by atoms with Crippen LogP contribution in [0.5, 0.6) is 0 Å². The Bertz CT molecular complexity index is 955. The Balaban J connectivity index is 1.23. The number of carbonyl (C=O) groups is 2. The molecule has 3 aliphatic heterocycles. The second-order valence-electron chi connectivity index (χ2n) is 9.20. The number of fused-ring (bicyclic) bond motifs is 1. The minimum absolute atomic E-state index is 0.0603. The third-order valence-electron chi connectivity index (χ3n) is 7.00. The van der Waals surface area contributed by atoms with Gasteiger partial charge in [0.2, 0.25) is 23.5 Å². The van der Waals surface area contributed by atoms with E-state index in [1.807, 2.05) is 40.1 Å². The number of hydrogen-bond donors (Lipinski definition) is 0. The highest BCUT2D eigenvalue weighted by Crippen LogP contribution is 2.44. The maximum Gasteiger partial charge on any atom is 0.232 e. The number of amides is 2. The number of likely N-dealkylation sites (tertiary alicyclic amines) is 3. The van der Waals surface area contributed by atoms with Gasteiger partial charge in [-0.2, -0.15) is 4.98 Å². The molecule has 1 aromatic heterocycles. The van der Waals surface area contributed by atoms with Gasteiger partial charge >= 0.3 is 0 Å². The smallest absolute Gasteiger partial charge is 0.232 e. The average Bonchev–Trinajstić information content (AvgIpc) is 3.55. The highest BCUT2D eigenvalue weighted by molar-refractivity contribution is 5.87. The van der Waals surface area contributed by atoms with Crippen LogP contribution in [0.1, 0.15) is 25.2 Å². The van der Waals surface area contributed by atoms with Crippen LogP contribution >= 0.6 is 0 Å². The molecule has 8 heteroatoms. The fourth-order valence-corrected chi connectivity index (χ4v) is 5.48. The summed E-state index contributed by atoms with van der Waals surface area (Å²) in [5.74, 6) is 1.53. The number of rotatable bonds is 5. The molecule has 8 nitrogen and oxygen atoms in total. The Labute approximate surface area is 182 Å². The molecule has 2 amide bonds. The molecule has 0 unspecified atom stereocenters. The normalized spacial score (nSPS) is 25.9. The monoisotopic (exact) mass is 423 g/mol. The summed E-state index contributed by atoms with van der Waals surface area (Å²) in [6.07, 6.45) is 2.89. The molecule has 0 N–H and O–H groups in total. The summed E-state index contributed by atoms with van der Waals surface area (Å²) < 4.78 is 5.35. The van der Waals surface area contributed by atoms with Crippen LogP contribution in [0.3, 0.4) is 0 Å². The number of nitrogens with zero attached hydrogens (tertiary/aromatic N) is 5. The Morgan fingerprint density at radius 3 is 2.65 bits per heavy atom. The molecule has 31 heavy (non-hydrogen) atoms. The molecule has 3 fully saturated rings. The number of aromatic nitrogens is 2. The minimum atomic E-state index is -0.445. The maximum atomic E-state index is 13.4. The van der Waals surface area contributed by atoms with Crippen LogP contribution in [-0.2, 0) is 16.0 Å². The van der Waals surface area contributed by atoms with Gasteiger partial charge in [-0.3, -0.25) is 9.59 Å². The Morgan fingerprint density at radius 2 is 1.87 bits per heavy atom. The van der Waals surface area contributed by atoms with Crippen molar-refractivity contribution in [3.8, 4) is 11.4 Å². The Kier molecular flexibility index (Phi) is 5.25. The highest BCUT2D eigenvalue weighted by Gasteiger charge is 2.58. The van der Waals surface area contributed by atoms with E-state index in [9.17, 15) is 9.59 Å². The number of hydrogen-bond acceptors (Lipinski definition) is 6. The first-order chi connectivity index (χ1) is 15.0. The second kappa shape index (κ2) is 8.07. The fourth-order valence-electron chi connectivity index (χ4n) is 5.48. The van der Waals surface area contributed by atoms with E-state index in [2.05, 4.69) is 22.1 Å². The number of aryl methyl sites for hydroxylation is 1. The zero-order valence-corrected chi connectivity index (χ0v) is 18.0. The summed E-state index contributed by atoms with van der Waals surface area (Å²) in [5, 5.41) is 4.03. The second-order valence-corrected chi connectivity index (χ2v) is 9.20. The van der Waals surface area contributed by atoms with Crippen LogP contribution in [0.15, 0.2) is 34.9 Å². The third-order valence-corrected chi connectivity index (χ3v) is 7.00. The lowest BCUT2D eigenvalue weighted by Crippen LogP contribution is -2.49. The van der Waals surface area contributed by atoms with Crippen LogP contribution in [-0.4, -0.2) is 83.0 Å². The van der Waals surface area contributed by atoms with Crippen LogP contribution in [0.4, 0.5) is 0 Å². The SMILES string of the molecule is CN1C[C@H]2CN(C(=O)CCc3nc(-c4ccccc4)no3)C[C@@]2(C(=O)N2CCCC2)C1. The van der Waals surface area contributed by atoms with Crippen LogP contribution in [0.25, 0.3) is 11.4 Å². The molecule has 0 bridgehead atoms. The van der Waals surface area contributed by atoms with Gasteiger partial charge in [-0.15, -0.1) is 0 Å². The summed E-state index contributed by atoms with van der Waals surface area (Å²) in [5.41, 5.74) is 0.447. The largest absolute Gasteiger partial charge is 0.342 e. The summed E-state index contributed by atoms with van der Waals surface area (Å²) >= 11 is 0. The van der Waals surface area contributed by atoms with Crippen LogP contribution < -0.4 is 0 Å². The fraction of sp³-hybridized carbons (Fsp3) is 0.565. The van der Waals surface area contributed by atoms with Gasteiger partial charge in [-0.25, -0.2) is 0 Å². The molecule has 1 aromatic carbocycles. The van der Waals surface area contributed by atoms with Crippen molar-refractivity contribution < 1.29 is 14.1 Å². The standard InChI is InChI=1S/C23H29N5O3/c1-26-13-18-14-28(16-23(18,15-26)22(30)27-11-5-6-12-27)20(29)10-9-19-24-21(25-31-19)17-7-3-2-4-8-17/h2-4,7-8,18H,5-6,9-16H2,1H3/t18-,23-/m0/s1. The van der Waals surface area contributed by atoms with Crippen LogP contribution in [0, 0.1) is 11.3 Å². The first-order valence-electron chi connectivity index (χ1n) is 11.2. The van der Waals surface area contributed by atoms with E-state index in [4.69, 9.17) is 4.52 Å². The van der Waals surface area contributed by atoms with E-state index in [-0.39, 0.29) is 17.7 Å². The number of carbonyl (C=O) groups excluding carboxylic acids is 2. The van der Waals surface area contributed by atoms with Crippen molar-refractivity contribution in [2.45, 2.75) is 25.7 Å². The lowest BCUT2D eigenvalue weighted by atomic mass is 9.79. The van der Waals surface area contributed by atoms with Gasteiger partial charge in [0.25, 0.3) is 0 Å². The maximum absolute atomic E-state index is 13.4. The van der Waals surface area contributed by atoms with Crippen molar-refractivity contribution in [2.75, 3.05) is 46.3 Å². The molecule has 0 saturated carbocycles. The molecule has 3 aliphatic rings. The average molecular weight is 424 g/mol. The zero-order chi connectivity index (χ0) is 21.4. The molecular weight excluding hydrogens is 394 g/mol. The van der Waals surface area contributed by atoms with Crippen molar-refractivity contribution in [3.63, 3.8) is 0 Å². The summed E-state index contributed by atoms with van der Waals surface area (Å²) in [6.45, 7) is 4.49. The Hall–Kier alpha value is -2.74. The molecule has 0 aliphatic carbocycles. The van der Waals surface area contributed by atoms with Gasteiger partial charge in [0, 0.05) is 63.6 Å². The van der Waals surface area contributed by atoms with Crippen molar-refractivity contribution in [1.82, 2.24) is 24.8 Å². The van der Waals surface area contributed by atoms with Gasteiger partial charge in [0.1, 0.15) is 0 Å². The molecular formula is C23H29N5O3. The minimum Gasteiger partial charge on any atom is -0.342 e. The van der Waals surface area contributed by atoms with E-state index < -0.39 is 5.41 Å². The van der Waals surface area contributed by atoms with Gasteiger partial charge in [0.05, 0.1) is 5.41 Å². The van der Waals surface area contributed by atoms with Gasteiger partial charge < -0.3 is 19.2 Å². The summed E-state index contributed by atoms with van der Waals surface area (Å²) in [7, 11) is 2.07. The predicted octanol–water partition coefficient (Wildman–Crippen LogP) is 1.68. The van der Waals surface area contributed by atoms with Crippen molar-refractivity contribution in [2.24, 2.45) is 11.3 Å².